The first-order valence-corrected chi connectivity index (χ1v) is 4.63. The first kappa shape index (κ1) is 11.1. The molecule has 3 N–H and O–H groups in total. The van der Waals surface area contributed by atoms with Crippen molar-refractivity contribution in [2.24, 2.45) is 5.84 Å². The van der Waals surface area contributed by atoms with E-state index in [1.165, 1.54) is 0 Å². The Bertz CT molecular complexity index is 262. The van der Waals surface area contributed by atoms with Crippen LogP contribution in [0.15, 0.2) is 6.33 Å². The van der Waals surface area contributed by atoms with Gasteiger partial charge in [-0.2, -0.15) is 5.10 Å². The number of nitrogens with two attached hydrogens (primary N) is 1. The quantitative estimate of drug-likeness (QED) is 0.469. The van der Waals surface area contributed by atoms with Crippen LogP contribution in [0.25, 0.3) is 0 Å². The Balaban J connectivity index is 2.56. The van der Waals surface area contributed by atoms with Gasteiger partial charge in [-0.3, -0.25) is 16.0 Å². The maximum absolute atomic E-state index is 5.38. The van der Waals surface area contributed by atoms with E-state index in [-0.39, 0.29) is 6.04 Å². The molecule has 1 rings (SSSR count). The third-order valence-electron chi connectivity index (χ3n) is 2.03. The Morgan fingerprint density at radius 2 is 2.50 bits per heavy atom. The van der Waals surface area contributed by atoms with Gasteiger partial charge in [-0.05, 0) is 6.92 Å². The summed E-state index contributed by atoms with van der Waals surface area (Å²) in [5, 5.41) is 4.08. The largest absolute Gasteiger partial charge is 0.383 e. The summed E-state index contributed by atoms with van der Waals surface area (Å²) in [5.41, 5.74) is 2.69. The fraction of sp³-hybridized carbons (Fsp3) is 0.750. The highest BCUT2D eigenvalue weighted by molar-refractivity contribution is 4.89. The van der Waals surface area contributed by atoms with E-state index in [1.54, 1.807) is 13.4 Å². The highest BCUT2D eigenvalue weighted by atomic mass is 16.5. The van der Waals surface area contributed by atoms with Crippen LogP contribution in [-0.4, -0.2) is 34.5 Å². The van der Waals surface area contributed by atoms with Crippen molar-refractivity contribution in [3.8, 4) is 0 Å². The molecule has 0 saturated carbocycles. The van der Waals surface area contributed by atoms with Crippen LogP contribution in [0.1, 0.15) is 12.7 Å². The van der Waals surface area contributed by atoms with Gasteiger partial charge < -0.3 is 4.74 Å². The molecule has 0 aliphatic rings. The fourth-order valence-corrected chi connectivity index (χ4v) is 1.30. The molecule has 1 aromatic heterocycles. The van der Waals surface area contributed by atoms with Crippen LogP contribution in [0.5, 0.6) is 0 Å². The number of aromatic nitrogens is 3. The van der Waals surface area contributed by atoms with E-state index >= 15 is 0 Å². The van der Waals surface area contributed by atoms with Crippen LogP contribution in [-0.2, 0) is 17.7 Å². The number of hydrogen-bond acceptors (Lipinski definition) is 5. The average Bonchev–Trinajstić information content (AvgIpc) is 2.64. The Morgan fingerprint density at radius 3 is 3.07 bits per heavy atom. The normalized spacial score (nSPS) is 13.1. The molecule has 1 atom stereocenters. The Morgan fingerprint density at radius 1 is 1.71 bits per heavy atom. The minimum absolute atomic E-state index is 0.0782. The van der Waals surface area contributed by atoms with E-state index in [0.717, 1.165) is 18.8 Å². The molecule has 14 heavy (non-hydrogen) atoms. The average molecular weight is 199 g/mol. The molecule has 0 fully saturated rings. The Labute approximate surface area is 83.4 Å². The zero-order chi connectivity index (χ0) is 10.4. The predicted molar refractivity (Wildman–Crippen MR) is 52.4 cm³/mol. The number of hydrogen-bond donors (Lipinski definition) is 2. The number of nitrogens with zero attached hydrogens (tertiary/aromatic N) is 3. The third-order valence-corrected chi connectivity index (χ3v) is 2.03. The lowest BCUT2D eigenvalue weighted by molar-refractivity contribution is 0.165. The lowest BCUT2D eigenvalue weighted by Crippen LogP contribution is -2.40. The van der Waals surface area contributed by atoms with Crippen molar-refractivity contribution >= 4 is 0 Å². The maximum atomic E-state index is 5.38. The molecule has 80 valence electrons. The van der Waals surface area contributed by atoms with Crippen molar-refractivity contribution in [3.05, 3.63) is 12.2 Å². The summed E-state index contributed by atoms with van der Waals surface area (Å²) in [4.78, 5) is 4.16. The minimum atomic E-state index is 0.0782. The van der Waals surface area contributed by atoms with Gasteiger partial charge in [-0.1, -0.05) is 0 Å². The summed E-state index contributed by atoms with van der Waals surface area (Å²) in [6, 6.07) is 0.0782. The van der Waals surface area contributed by atoms with Crippen molar-refractivity contribution in [2.75, 3.05) is 13.7 Å². The maximum Gasteiger partial charge on any atom is 0.138 e. The van der Waals surface area contributed by atoms with Gasteiger partial charge in [0, 0.05) is 20.1 Å². The van der Waals surface area contributed by atoms with Crippen molar-refractivity contribution in [1.29, 1.82) is 0 Å². The summed E-state index contributed by atoms with van der Waals surface area (Å²) < 4.78 is 6.86. The molecule has 1 unspecified atom stereocenters. The van der Waals surface area contributed by atoms with Crippen LogP contribution in [0, 0.1) is 0 Å². The minimum Gasteiger partial charge on any atom is -0.383 e. The highest BCUT2D eigenvalue weighted by Crippen LogP contribution is 1.99. The molecular weight excluding hydrogens is 182 g/mol. The van der Waals surface area contributed by atoms with Crippen molar-refractivity contribution in [2.45, 2.75) is 25.9 Å². The van der Waals surface area contributed by atoms with Crippen LogP contribution in [0.2, 0.25) is 0 Å². The molecule has 6 heteroatoms. The van der Waals surface area contributed by atoms with Gasteiger partial charge in [0.15, 0.2) is 0 Å². The second-order valence-electron chi connectivity index (χ2n) is 3.02. The van der Waals surface area contributed by atoms with Crippen molar-refractivity contribution in [3.63, 3.8) is 0 Å². The summed E-state index contributed by atoms with van der Waals surface area (Å²) in [6.07, 6.45) is 2.28. The topological polar surface area (TPSA) is 78.0 Å². The summed E-state index contributed by atoms with van der Waals surface area (Å²) in [5.74, 6) is 6.30. The first-order valence-electron chi connectivity index (χ1n) is 4.63. The van der Waals surface area contributed by atoms with Gasteiger partial charge in [0.1, 0.15) is 12.2 Å². The van der Waals surface area contributed by atoms with E-state index in [1.807, 2.05) is 11.6 Å². The van der Waals surface area contributed by atoms with Gasteiger partial charge in [0.25, 0.3) is 0 Å². The zero-order valence-corrected chi connectivity index (χ0v) is 8.60. The van der Waals surface area contributed by atoms with E-state index in [9.17, 15) is 0 Å². The molecule has 0 amide bonds. The molecule has 0 bridgehead atoms. The van der Waals surface area contributed by atoms with Gasteiger partial charge in [0.05, 0.1) is 12.6 Å². The summed E-state index contributed by atoms with van der Waals surface area (Å²) in [6.45, 7) is 3.41. The number of hydrazine groups is 1. The predicted octanol–water partition coefficient (Wildman–Crippen LogP) is -0.681. The smallest absolute Gasteiger partial charge is 0.138 e. The molecule has 0 aliphatic carbocycles. The van der Waals surface area contributed by atoms with Gasteiger partial charge in [-0.25, -0.2) is 4.98 Å². The standard InChI is InChI=1S/C8H17N5O/c1-3-13-8(10-6-11-13)4-7(12-9)5-14-2/h6-7,12H,3-5,9H2,1-2H3. The Kier molecular flexibility index (Phi) is 4.51. The molecule has 0 saturated heterocycles. The van der Waals surface area contributed by atoms with E-state index < -0.39 is 0 Å². The molecule has 0 radical (unpaired) electrons. The third kappa shape index (κ3) is 2.76. The lowest BCUT2D eigenvalue weighted by Gasteiger charge is -2.14. The molecule has 0 aliphatic heterocycles. The van der Waals surface area contributed by atoms with Crippen molar-refractivity contribution in [1.82, 2.24) is 20.2 Å². The zero-order valence-electron chi connectivity index (χ0n) is 8.60. The molecule has 0 spiro atoms. The summed E-state index contributed by atoms with van der Waals surface area (Å²) in [7, 11) is 1.65. The number of methoxy groups -OCH3 is 1. The fourth-order valence-electron chi connectivity index (χ4n) is 1.30. The first-order chi connectivity index (χ1) is 6.81. The number of aryl methyl sites for hydroxylation is 1. The molecule has 1 aromatic rings. The van der Waals surface area contributed by atoms with Crippen LogP contribution < -0.4 is 11.3 Å². The second kappa shape index (κ2) is 5.69. The van der Waals surface area contributed by atoms with Gasteiger partial charge >= 0.3 is 0 Å². The van der Waals surface area contributed by atoms with Crippen molar-refractivity contribution < 1.29 is 4.74 Å². The number of nitrogens with one attached hydrogen (secondary N) is 1. The second-order valence-corrected chi connectivity index (χ2v) is 3.02. The Hall–Kier alpha value is -0.980. The van der Waals surface area contributed by atoms with Crippen LogP contribution >= 0.6 is 0 Å². The lowest BCUT2D eigenvalue weighted by atomic mass is 10.2. The monoisotopic (exact) mass is 199 g/mol. The van der Waals surface area contributed by atoms with E-state index in [4.69, 9.17) is 10.6 Å². The summed E-state index contributed by atoms with van der Waals surface area (Å²) >= 11 is 0. The molecule has 1 heterocycles. The van der Waals surface area contributed by atoms with Gasteiger partial charge in [-0.15, -0.1) is 0 Å². The van der Waals surface area contributed by atoms with Crippen LogP contribution in [0.4, 0.5) is 0 Å². The SMILES string of the molecule is CCn1ncnc1CC(COC)NN. The molecule has 6 nitrogen and oxygen atoms in total. The highest BCUT2D eigenvalue weighted by Gasteiger charge is 2.11. The molecule has 0 aromatic carbocycles. The number of ether oxygens (including phenoxy) is 1. The van der Waals surface area contributed by atoms with Crippen LogP contribution in [0.3, 0.4) is 0 Å². The van der Waals surface area contributed by atoms with E-state index in [0.29, 0.717) is 6.61 Å². The number of rotatable bonds is 6. The van der Waals surface area contributed by atoms with Gasteiger partial charge in [0.2, 0.25) is 0 Å². The van der Waals surface area contributed by atoms with E-state index in [2.05, 4.69) is 15.5 Å². The molecular formula is C8H17N5O.